The van der Waals surface area contributed by atoms with Crippen molar-refractivity contribution in [2.75, 3.05) is 13.1 Å². The number of benzene rings is 1. The molecule has 1 aliphatic heterocycles. The molecule has 1 saturated heterocycles. The van der Waals surface area contributed by atoms with Crippen LogP contribution in [0.3, 0.4) is 0 Å². The van der Waals surface area contributed by atoms with Gasteiger partial charge in [-0.05, 0) is 0 Å². The number of nitrogens with zero attached hydrogens (tertiary/aromatic N) is 3. The van der Waals surface area contributed by atoms with Gasteiger partial charge in [0.2, 0.25) is 0 Å². The summed E-state index contributed by atoms with van der Waals surface area (Å²) in [5, 5.41) is 0. The number of piperidine rings is 1. The van der Waals surface area contributed by atoms with Gasteiger partial charge in [0.25, 0.3) is 0 Å². The van der Waals surface area contributed by atoms with E-state index in [-0.39, 0.29) is 11.8 Å². The molecule has 0 N–H and O–H groups in total. The first-order valence-corrected chi connectivity index (χ1v) is 12.4. The summed E-state index contributed by atoms with van der Waals surface area (Å²) in [7, 11) is 0. The molecule has 1 amide bonds. The van der Waals surface area contributed by atoms with Crippen LogP contribution in [0.1, 0.15) is 36.8 Å². The van der Waals surface area contributed by atoms with Crippen LogP contribution in [0, 0.1) is 6.92 Å². The van der Waals surface area contributed by atoms with Gasteiger partial charge >= 0.3 is 184 Å². The second-order valence-electron chi connectivity index (χ2n) is 7.67. The molecule has 0 spiro atoms. The van der Waals surface area contributed by atoms with Crippen molar-refractivity contribution >= 4 is 30.5 Å². The van der Waals surface area contributed by atoms with Gasteiger partial charge in [-0.3, -0.25) is 0 Å². The number of amides is 1. The van der Waals surface area contributed by atoms with E-state index in [1.165, 1.54) is 14.4 Å². The molecule has 2 unspecified atom stereocenters. The predicted molar refractivity (Wildman–Crippen MR) is 120 cm³/mol. The predicted octanol–water partition coefficient (Wildman–Crippen LogP) is 2.69. The van der Waals surface area contributed by atoms with Gasteiger partial charge < -0.3 is 0 Å². The van der Waals surface area contributed by atoms with Crippen molar-refractivity contribution in [3.05, 3.63) is 72.1 Å². The summed E-state index contributed by atoms with van der Waals surface area (Å²) in [6.45, 7) is 5.26. The summed E-state index contributed by atoms with van der Waals surface area (Å²) in [6.07, 6.45) is 5.73. The molecule has 154 valence electrons. The molecule has 30 heavy (non-hydrogen) atoms. The average Bonchev–Trinajstić information content (AvgIpc) is 2.77. The van der Waals surface area contributed by atoms with Crippen LogP contribution in [-0.2, 0) is 4.79 Å². The molecule has 1 aliphatic rings. The van der Waals surface area contributed by atoms with Crippen LogP contribution in [-0.4, -0.2) is 49.6 Å². The van der Waals surface area contributed by atoms with Crippen molar-refractivity contribution in [3.8, 4) is 11.6 Å². The van der Waals surface area contributed by atoms with E-state index >= 15 is 0 Å². The van der Waals surface area contributed by atoms with Gasteiger partial charge in [0.05, 0.1) is 0 Å². The first kappa shape index (κ1) is 20.6. The summed E-state index contributed by atoms with van der Waals surface area (Å²) >= 11 is -0.455. The van der Waals surface area contributed by atoms with Crippen LogP contribution < -0.4 is 13.6 Å². The van der Waals surface area contributed by atoms with Crippen molar-refractivity contribution in [2.45, 2.75) is 32.6 Å². The van der Waals surface area contributed by atoms with Gasteiger partial charge in [-0.1, -0.05) is 0 Å². The molecule has 1 fully saturated rings. The van der Waals surface area contributed by atoms with Gasteiger partial charge in [-0.2, -0.15) is 0 Å². The van der Waals surface area contributed by atoms with Crippen molar-refractivity contribution < 1.29 is 9.53 Å². The normalized spacial score (nSPS) is 16.7. The molecule has 0 aliphatic carbocycles. The topological polar surface area (TPSA) is 55.3 Å². The SMILES string of the molecule is CC(=O)N1CCCC(c2cccnc2Oc2ccc([AsH]c3ccc(C)cn3)cc2)C1. The van der Waals surface area contributed by atoms with Gasteiger partial charge in [-0.25, -0.2) is 0 Å². The summed E-state index contributed by atoms with van der Waals surface area (Å²) in [6, 6.07) is 16.5. The Hall–Kier alpha value is -2.65. The zero-order chi connectivity index (χ0) is 20.9. The number of hydrogen-bond donors (Lipinski definition) is 0. The fourth-order valence-corrected chi connectivity index (χ4v) is 5.66. The Morgan fingerprint density at radius 1 is 1.13 bits per heavy atom. The molecule has 6 heteroatoms. The van der Waals surface area contributed by atoms with Gasteiger partial charge in [0.15, 0.2) is 0 Å². The minimum absolute atomic E-state index is 0.133. The third kappa shape index (κ3) is 5.09. The number of rotatable bonds is 5. The van der Waals surface area contributed by atoms with E-state index in [2.05, 4.69) is 47.2 Å². The second-order valence-corrected chi connectivity index (χ2v) is 10.5. The molecule has 2 aromatic heterocycles. The Kier molecular flexibility index (Phi) is 6.49. The summed E-state index contributed by atoms with van der Waals surface area (Å²) < 4.78 is 8.65. The summed E-state index contributed by atoms with van der Waals surface area (Å²) in [5.74, 6) is 1.80. The van der Waals surface area contributed by atoms with Gasteiger partial charge in [0.1, 0.15) is 0 Å². The monoisotopic (exact) mass is 463 g/mol. The Balaban J connectivity index is 1.47. The molecule has 3 heterocycles. The van der Waals surface area contributed by atoms with Crippen LogP contribution in [0.4, 0.5) is 0 Å². The summed E-state index contributed by atoms with van der Waals surface area (Å²) in [4.78, 5) is 22.7. The quantitative estimate of drug-likeness (QED) is 0.546. The van der Waals surface area contributed by atoms with Crippen molar-refractivity contribution in [2.24, 2.45) is 0 Å². The molecular weight excluding hydrogens is 437 g/mol. The standard InChI is InChI=1S/C24H26AsN3O2/c1-17-7-12-23(27-15-17)25-20-8-10-21(11-9-20)30-24-22(6-3-13-26-24)19-5-4-14-28(16-19)18(2)29/h3,6-13,15,19,25H,4-5,14,16H2,1-2H3. The van der Waals surface area contributed by atoms with E-state index in [9.17, 15) is 4.79 Å². The molecule has 0 saturated carbocycles. The third-order valence-electron chi connectivity index (χ3n) is 5.36. The Morgan fingerprint density at radius 3 is 2.70 bits per heavy atom. The van der Waals surface area contributed by atoms with Crippen LogP contribution in [0.2, 0.25) is 0 Å². The van der Waals surface area contributed by atoms with Crippen molar-refractivity contribution in [1.29, 1.82) is 0 Å². The van der Waals surface area contributed by atoms with Crippen molar-refractivity contribution in [1.82, 2.24) is 14.9 Å². The number of carbonyl (C=O) groups excluding carboxylic acids is 1. The fourth-order valence-electron chi connectivity index (χ4n) is 3.72. The molecule has 4 rings (SSSR count). The number of carbonyl (C=O) groups is 1. The third-order valence-corrected chi connectivity index (χ3v) is 7.82. The van der Waals surface area contributed by atoms with E-state index < -0.39 is 15.8 Å². The van der Waals surface area contributed by atoms with Crippen LogP contribution >= 0.6 is 0 Å². The molecule has 0 bridgehead atoms. The molecule has 2 atom stereocenters. The molecular formula is C24H26AsN3O2. The first-order chi connectivity index (χ1) is 14.6. The van der Waals surface area contributed by atoms with E-state index in [0.717, 1.165) is 37.2 Å². The average molecular weight is 463 g/mol. The zero-order valence-electron chi connectivity index (χ0n) is 17.3. The van der Waals surface area contributed by atoms with Crippen LogP contribution in [0.5, 0.6) is 11.6 Å². The molecule has 0 radical (unpaired) electrons. The maximum absolute atomic E-state index is 11.8. The first-order valence-electron chi connectivity index (χ1n) is 10.3. The van der Waals surface area contributed by atoms with Crippen molar-refractivity contribution in [3.63, 3.8) is 0 Å². The van der Waals surface area contributed by atoms with Gasteiger partial charge in [-0.15, -0.1) is 0 Å². The number of aromatic nitrogens is 2. The fraction of sp³-hybridized carbons (Fsp3) is 0.292. The number of likely N-dealkylation sites (tertiary alicyclic amines) is 1. The number of ether oxygens (including phenoxy) is 1. The van der Waals surface area contributed by atoms with E-state index in [1.807, 2.05) is 29.3 Å². The second kappa shape index (κ2) is 9.44. The van der Waals surface area contributed by atoms with Crippen LogP contribution in [0.25, 0.3) is 0 Å². The van der Waals surface area contributed by atoms with E-state index in [4.69, 9.17) is 4.74 Å². The van der Waals surface area contributed by atoms with E-state index in [0.29, 0.717) is 5.88 Å². The minimum atomic E-state index is -0.455. The Bertz CT molecular complexity index is 1010. The zero-order valence-corrected chi connectivity index (χ0v) is 19.4. The number of aryl methyl sites for hydroxylation is 1. The Labute approximate surface area is 184 Å². The maximum atomic E-state index is 11.8. The Morgan fingerprint density at radius 2 is 1.97 bits per heavy atom. The molecule has 5 nitrogen and oxygen atoms in total. The van der Waals surface area contributed by atoms with Crippen LogP contribution in [0.15, 0.2) is 60.9 Å². The number of pyridine rings is 2. The van der Waals surface area contributed by atoms with Gasteiger partial charge in [0, 0.05) is 0 Å². The molecule has 3 aromatic rings. The van der Waals surface area contributed by atoms with E-state index in [1.54, 1.807) is 13.1 Å². The summed E-state index contributed by atoms with van der Waals surface area (Å²) in [5.41, 5.74) is 2.26. The number of hydrogen-bond acceptors (Lipinski definition) is 4. The molecule has 1 aromatic carbocycles.